The highest BCUT2D eigenvalue weighted by Gasteiger charge is 2.18. The molecule has 0 fully saturated rings. The number of hydrogen-bond donors (Lipinski definition) is 2. The number of nitrogens with zero attached hydrogens (tertiary/aromatic N) is 1. The number of anilines is 1. The summed E-state index contributed by atoms with van der Waals surface area (Å²) < 4.78 is 0. The van der Waals surface area contributed by atoms with Gasteiger partial charge in [0.1, 0.15) is 0 Å². The van der Waals surface area contributed by atoms with Crippen LogP contribution in [0.5, 0.6) is 0 Å². The van der Waals surface area contributed by atoms with E-state index in [0.717, 1.165) is 6.42 Å². The molecule has 1 aromatic rings. The third kappa shape index (κ3) is 4.93. The van der Waals surface area contributed by atoms with E-state index in [9.17, 15) is 9.59 Å². The number of carbonyl (C=O) groups excluding carboxylic acids is 1. The Morgan fingerprint density at radius 3 is 2.43 bits per heavy atom. The lowest BCUT2D eigenvalue weighted by Gasteiger charge is -2.26. The molecule has 0 saturated carbocycles. The second-order valence-electron chi connectivity index (χ2n) is 5.52. The molecule has 21 heavy (non-hydrogen) atoms. The van der Waals surface area contributed by atoms with E-state index in [2.05, 4.69) is 19.2 Å². The van der Waals surface area contributed by atoms with Gasteiger partial charge in [-0.05, 0) is 37.5 Å². The molecule has 0 aliphatic heterocycles. The van der Waals surface area contributed by atoms with Crippen molar-refractivity contribution in [2.45, 2.75) is 33.2 Å². The molecule has 2 N–H and O–H groups in total. The van der Waals surface area contributed by atoms with E-state index in [0.29, 0.717) is 11.6 Å². The molecule has 0 saturated heterocycles. The Bertz CT molecular complexity index is 532. The fraction of sp³-hybridized carbons (Fsp3) is 0.467. The molecule has 0 heterocycles. The van der Waals surface area contributed by atoms with Crippen molar-refractivity contribution in [3.63, 3.8) is 0 Å². The third-order valence-corrected chi connectivity index (χ3v) is 3.56. The van der Waals surface area contributed by atoms with Gasteiger partial charge < -0.3 is 15.3 Å². The Morgan fingerprint density at radius 1 is 1.33 bits per heavy atom. The van der Waals surface area contributed by atoms with Crippen LogP contribution >= 0.6 is 11.6 Å². The van der Waals surface area contributed by atoms with Crippen LogP contribution in [0.25, 0.3) is 0 Å². The van der Waals surface area contributed by atoms with Gasteiger partial charge in [-0.15, -0.1) is 0 Å². The van der Waals surface area contributed by atoms with Crippen molar-refractivity contribution in [3.8, 4) is 0 Å². The molecular formula is C15H21ClN2O3. The van der Waals surface area contributed by atoms with Crippen molar-refractivity contribution in [2.75, 3.05) is 12.4 Å². The van der Waals surface area contributed by atoms with E-state index in [1.165, 1.54) is 18.2 Å². The highest BCUT2D eigenvalue weighted by Crippen LogP contribution is 2.23. The molecule has 5 nitrogen and oxygen atoms in total. The molecule has 0 spiro atoms. The van der Waals surface area contributed by atoms with Crippen molar-refractivity contribution < 1.29 is 14.7 Å². The second-order valence-corrected chi connectivity index (χ2v) is 5.93. The molecule has 0 radical (unpaired) electrons. The summed E-state index contributed by atoms with van der Waals surface area (Å²) in [6, 6.07) is 4.04. The molecule has 1 aromatic carbocycles. The number of carboxylic acids is 1. The summed E-state index contributed by atoms with van der Waals surface area (Å²) in [5.74, 6) is -0.564. The number of urea groups is 1. The maximum Gasteiger partial charge on any atom is 0.335 e. The van der Waals surface area contributed by atoms with Gasteiger partial charge in [-0.25, -0.2) is 9.59 Å². The largest absolute Gasteiger partial charge is 0.478 e. The number of rotatable bonds is 5. The topological polar surface area (TPSA) is 69.6 Å². The summed E-state index contributed by atoms with van der Waals surface area (Å²) in [5, 5.41) is 11.8. The normalized spacial score (nSPS) is 12.1. The maximum atomic E-state index is 12.1. The van der Waals surface area contributed by atoms with E-state index in [-0.39, 0.29) is 22.7 Å². The molecular weight excluding hydrogens is 292 g/mol. The molecule has 116 valence electrons. The van der Waals surface area contributed by atoms with Crippen LogP contribution < -0.4 is 5.32 Å². The Labute approximate surface area is 129 Å². The SMILES string of the molecule is CC(C)CC(C)N(C)C(=O)Nc1ccc(C(=O)O)cc1Cl. The Hall–Kier alpha value is -1.75. The number of carbonyl (C=O) groups is 2. The molecule has 0 aliphatic carbocycles. The Balaban J connectivity index is 2.77. The number of hydrogen-bond acceptors (Lipinski definition) is 2. The monoisotopic (exact) mass is 312 g/mol. The molecule has 1 atom stereocenters. The van der Waals surface area contributed by atoms with Crippen LogP contribution in [0.4, 0.5) is 10.5 Å². The van der Waals surface area contributed by atoms with Gasteiger partial charge >= 0.3 is 12.0 Å². The summed E-state index contributed by atoms with van der Waals surface area (Å²) in [7, 11) is 1.72. The minimum Gasteiger partial charge on any atom is -0.478 e. The van der Waals surface area contributed by atoms with Crippen LogP contribution in [-0.2, 0) is 0 Å². The Morgan fingerprint density at radius 2 is 1.95 bits per heavy atom. The summed E-state index contributed by atoms with van der Waals surface area (Å²) in [6.45, 7) is 6.18. The number of benzene rings is 1. The lowest BCUT2D eigenvalue weighted by molar-refractivity contribution is 0.0697. The first-order chi connectivity index (χ1) is 9.72. The predicted octanol–water partition coefficient (Wildman–Crippen LogP) is 3.94. The quantitative estimate of drug-likeness (QED) is 0.865. The zero-order valence-corrected chi connectivity index (χ0v) is 13.4. The van der Waals surface area contributed by atoms with Crippen LogP contribution in [0.15, 0.2) is 18.2 Å². The molecule has 1 unspecified atom stereocenters. The van der Waals surface area contributed by atoms with Gasteiger partial charge in [0, 0.05) is 13.1 Å². The predicted molar refractivity (Wildman–Crippen MR) is 84.1 cm³/mol. The molecule has 6 heteroatoms. The van der Waals surface area contributed by atoms with Crippen LogP contribution in [0.3, 0.4) is 0 Å². The number of amides is 2. The van der Waals surface area contributed by atoms with E-state index < -0.39 is 5.97 Å². The lowest BCUT2D eigenvalue weighted by Crippen LogP contribution is -2.38. The number of nitrogens with one attached hydrogen (secondary N) is 1. The lowest BCUT2D eigenvalue weighted by atomic mass is 10.0. The first-order valence-electron chi connectivity index (χ1n) is 6.79. The number of halogens is 1. The molecule has 2 amide bonds. The zero-order chi connectivity index (χ0) is 16.2. The van der Waals surface area contributed by atoms with Crippen LogP contribution in [0.1, 0.15) is 37.6 Å². The number of aromatic carboxylic acids is 1. The molecule has 1 rings (SSSR count). The highest BCUT2D eigenvalue weighted by molar-refractivity contribution is 6.34. The van der Waals surface area contributed by atoms with Crippen molar-refractivity contribution in [3.05, 3.63) is 28.8 Å². The molecule has 0 bridgehead atoms. The van der Waals surface area contributed by atoms with E-state index in [1.54, 1.807) is 11.9 Å². The minimum atomic E-state index is -1.06. The minimum absolute atomic E-state index is 0.0829. The van der Waals surface area contributed by atoms with Crippen molar-refractivity contribution in [1.29, 1.82) is 0 Å². The summed E-state index contributed by atoms with van der Waals surface area (Å²) in [6.07, 6.45) is 0.898. The summed E-state index contributed by atoms with van der Waals surface area (Å²) in [5.41, 5.74) is 0.481. The summed E-state index contributed by atoms with van der Waals surface area (Å²) >= 11 is 5.99. The van der Waals surface area contributed by atoms with E-state index in [1.807, 2.05) is 6.92 Å². The zero-order valence-electron chi connectivity index (χ0n) is 12.7. The highest BCUT2D eigenvalue weighted by atomic mass is 35.5. The van der Waals surface area contributed by atoms with Gasteiger partial charge in [0.05, 0.1) is 16.3 Å². The maximum absolute atomic E-state index is 12.1. The van der Waals surface area contributed by atoms with Gasteiger partial charge in [-0.3, -0.25) is 0 Å². The van der Waals surface area contributed by atoms with E-state index >= 15 is 0 Å². The number of carboxylic acid groups (broad SMARTS) is 1. The van der Waals surface area contributed by atoms with Crippen LogP contribution in [-0.4, -0.2) is 35.1 Å². The first-order valence-corrected chi connectivity index (χ1v) is 7.16. The molecule has 0 aliphatic rings. The Kier molecular flexibility index (Phi) is 6.03. The average molecular weight is 313 g/mol. The first kappa shape index (κ1) is 17.3. The van der Waals surface area contributed by atoms with Crippen molar-refractivity contribution in [2.24, 2.45) is 5.92 Å². The standard InChI is InChI=1S/C15H21ClN2O3/c1-9(2)7-10(3)18(4)15(21)17-13-6-5-11(14(19)20)8-12(13)16/h5-6,8-10H,7H2,1-4H3,(H,17,21)(H,19,20). The van der Waals surface area contributed by atoms with Gasteiger partial charge in [0.2, 0.25) is 0 Å². The van der Waals surface area contributed by atoms with Crippen LogP contribution in [0, 0.1) is 5.92 Å². The van der Waals surface area contributed by atoms with Gasteiger partial charge in [-0.1, -0.05) is 25.4 Å². The summed E-state index contributed by atoms with van der Waals surface area (Å²) in [4.78, 5) is 24.6. The third-order valence-electron chi connectivity index (χ3n) is 3.25. The van der Waals surface area contributed by atoms with Crippen LogP contribution in [0.2, 0.25) is 5.02 Å². The fourth-order valence-corrected chi connectivity index (χ4v) is 2.22. The van der Waals surface area contributed by atoms with Crippen molar-refractivity contribution in [1.82, 2.24) is 4.90 Å². The molecule has 0 aromatic heterocycles. The van der Waals surface area contributed by atoms with E-state index in [4.69, 9.17) is 16.7 Å². The van der Waals surface area contributed by atoms with Gasteiger partial charge in [0.25, 0.3) is 0 Å². The second kappa shape index (κ2) is 7.31. The average Bonchev–Trinajstić information content (AvgIpc) is 2.38. The van der Waals surface area contributed by atoms with Crippen molar-refractivity contribution >= 4 is 29.3 Å². The smallest absolute Gasteiger partial charge is 0.335 e. The van der Waals surface area contributed by atoms with Gasteiger partial charge in [-0.2, -0.15) is 0 Å². The van der Waals surface area contributed by atoms with Gasteiger partial charge in [0.15, 0.2) is 0 Å². The fourth-order valence-electron chi connectivity index (χ4n) is 1.99.